The number of hydrogen-bond acceptors (Lipinski definition) is 5. The molecule has 1 aliphatic heterocycles. The van der Waals surface area contributed by atoms with Crippen LogP contribution in [0.4, 0.5) is 5.69 Å². The van der Waals surface area contributed by atoms with Crippen molar-refractivity contribution in [3.8, 4) is 0 Å². The van der Waals surface area contributed by atoms with Crippen LogP contribution in [-0.2, 0) is 9.59 Å². The molecule has 1 N–H and O–H groups in total. The van der Waals surface area contributed by atoms with Crippen LogP contribution in [0.15, 0.2) is 58.6 Å². The summed E-state index contributed by atoms with van der Waals surface area (Å²) in [6, 6.07) is 11.9. The number of benzene rings is 2. The van der Waals surface area contributed by atoms with Crippen molar-refractivity contribution in [3.05, 3.63) is 79.8 Å². The SMILES string of the molecule is CCCCCCCCCCCCCCCCN1C(=O)C(=O)/C(=C(/O)c2cccc(Br)c2)[C@@H]1c1ccc([N+](=O)[O-])cc1. The molecule has 0 aromatic heterocycles. The fourth-order valence-corrected chi connectivity index (χ4v) is 5.90. The standard InChI is InChI=1S/C33H43BrN2O5/c1-2-3-4-5-6-7-8-9-10-11-12-13-14-15-23-35-30(25-19-21-28(22-20-25)36(40)41)29(32(38)33(35)39)31(37)26-17-16-18-27(34)24-26/h16-22,24,30,37H,2-15,23H2,1H3/b31-29+/t30-/m0/s1. The Kier molecular flexibility index (Phi) is 13.5. The molecular formula is C33H43BrN2O5. The summed E-state index contributed by atoms with van der Waals surface area (Å²) in [6.45, 7) is 2.62. The van der Waals surface area contributed by atoms with Crippen LogP contribution in [0.5, 0.6) is 0 Å². The zero-order valence-corrected chi connectivity index (χ0v) is 25.7. The lowest BCUT2D eigenvalue weighted by Crippen LogP contribution is -2.30. The number of hydrogen-bond donors (Lipinski definition) is 1. The Morgan fingerprint density at radius 1 is 0.854 bits per heavy atom. The number of unbranched alkanes of at least 4 members (excludes halogenated alkanes) is 13. The number of likely N-dealkylation sites (tertiary alicyclic amines) is 1. The van der Waals surface area contributed by atoms with Gasteiger partial charge in [0, 0.05) is 28.7 Å². The predicted octanol–water partition coefficient (Wildman–Crippen LogP) is 9.26. The van der Waals surface area contributed by atoms with E-state index in [2.05, 4.69) is 22.9 Å². The molecule has 0 spiro atoms. The Hall–Kier alpha value is -3.00. The Morgan fingerprint density at radius 3 is 1.90 bits per heavy atom. The summed E-state index contributed by atoms with van der Waals surface area (Å²) in [6.07, 6.45) is 17.1. The zero-order chi connectivity index (χ0) is 29.6. The quantitative estimate of drug-likeness (QED) is 0.0443. The monoisotopic (exact) mass is 626 g/mol. The molecule has 1 atom stereocenters. The minimum atomic E-state index is -0.809. The number of ketones is 1. The van der Waals surface area contributed by atoms with Gasteiger partial charge in [0.1, 0.15) is 5.76 Å². The first-order chi connectivity index (χ1) is 19.8. The predicted molar refractivity (Wildman–Crippen MR) is 167 cm³/mol. The van der Waals surface area contributed by atoms with Gasteiger partial charge >= 0.3 is 0 Å². The number of halogens is 1. The Morgan fingerprint density at radius 2 is 1.39 bits per heavy atom. The third-order valence-corrected chi connectivity index (χ3v) is 8.30. The molecule has 2 aromatic carbocycles. The largest absolute Gasteiger partial charge is 0.507 e. The Balaban J connectivity index is 1.58. The number of aliphatic hydroxyl groups is 1. The Labute approximate surface area is 252 Å². The van der Waals surface area contributed by atoms with Crippen molar-refractivity contribution in [2.24, 2.45) is 0 Å². The zero-order valence-electron chi connectivity index (χ0n) is 24.2. The van der Waals surface area contributed by atoms with Gasteiger partial charge in [-0.15, -0.1) is 0 Å². The second kappa shape index (κ2) is 17.1. The number of carbonyl (C=O) groups is 2. The van der Waals surface area contributed by atoms with E-state index in [9.17, 15) is 24.8 Å². The Bertz CT molecular complexity index is 1190. The van der Waals surface area contributed by atoms with E-state index in [1.54, 1.807) is 36.4 Å². The van der Waals surface area contributed by atoms with Crippen molar-refractivity contribution in [1.29, 1.82) is 0 Å². The van der Waals surface area contributed by atoms with Crippen molar-refractivity contribution in [3.63, 3.8) is 0 Å². The molecule has 1 saturated heterocycles. The van der Waals surface area contributed by atoms with Gasteiger partial charge in [-0.2, -0.15) is 0 Å². The summed E-state index contributed by atoms with van der Waals surface area (Å²) >= 11 is 3.39. The van der Waals surface area contributed by atoms with Gasteiger partial charge in [-0.3, -0.25) is 19.7 Å². The minimum Gasteiger partial charge on any atom is -0.507 e. The van der Waals surface area contributed by atoms with Crippen molar-refractivity contribution in [2.75, 3.05) is 6.54 Å². The molecular weight excluding hydrogens is 584 g/mol. The van der Waals surface area contributed by atoms with Crippen LogP contribution < -0.4 is 0 Å². The third-order valence-electron chi connectivity index (χ3n) is 7.81. The number of aliphatic hydroxyl groups excluding tert-OH is 1. The van der Waals surface area contributed by atoms with Crippen LogP contribution in [0.3, 0.4) is 0 Å². The summed E-state index contributed by atoms with van der Waals surface area (Å²) in [5, 5.41) is 22.4. The smallest absolute Gasteiger partial charge is 0.295 e. The molecule has 1 amide bonds. The van der Waals surface area contributed by atoms with Gasteiger partial charge in [-0.05, 0) is 36.2 Å². The lowest BCUT2D eigenvalue weighted by Gasteiger charge is -2.25. The molecule has 1 aliphatic rings. The van der Waals surface area contributed by atoms with E-state index in [0.717, 1.165) is 30.2 Å². The highest BCUT2D eigenvalue weighted by Crippen LogP contribution is 2.40. The maximum atomic E-state index is 13.2. The van der Waals surface area contributed by atoms with E-state index in [-0.39, 0.29) is 17.0 Å². The molecule has 0 bridgehead atoms. The summed E-state index contributed by atoms with van der Waals surface area (Å²) in [7, 11) is 0. The molecule has 41 heavy (non-hydrogen) atoms. The molecule has 2 aromatic rings. The summed E-state index contributed by atoms with van der Waals surface area (Å²) in [4.78, 5) is 38.6. The van der Waals surface area contributed by atoms with Crippen LogP contribution in [0.2, 0.25) is 0 Å². The maximum Gasteiger partial charge on any atom is 0.295 e. The van der Waals surface area contributed by atoms with E-state index >= 15 is 0 Å². The molecule has 222 valence electrons. The van der Waals surface area contributed by atoms with Gasteiger partial charge in [0.25, 0.3) is 17.4 Å². The average molecular weight is 628 g/mol. The topological polar surface area (TPSA) is 101 Å². The average Bonchev–Trinajstić information content (AvgIpc) is 3.22. The highest BCUT2D eigenvalue weighted by molar-refractivity contribution is 9.10. The lowest BCUT2D eigenvalue weighted by atomic mass is 9.95. The number of nitro groups is 1. The highest BCUT2D eigenvalue weighted by atomic mass is 79.9. The van der Waals surface area contributed by atoms with Crippen LogP contribution in [-0.4, -0.2) is 33.2 Å². The molecule has 7 nitrogen and oxygen atoms in total. The maximum absolute atomic E-state index is 13.2. The number of nitrogens with zero attached hydrogens (tertiary/aromatic N) is 2. The van der Waals surface area contributed by atoms with E-state index in [0.29, 0.717) is 17.7 Å². The molecule has 8 heteroatoms. The molecule has 3 rings (SSSR count). The van der Waals surface area contributed by atoms with E-state index in [1.807, 2.05) is 0 Å². The summed E-state index contributed by atoms with van der Waals surface area (Å²) < 4.78 is 0.727. The van der Waals surface area contributed by atoms with Crippen molar-refractivity contribution in [2.45, 2.75) is 103 Å². The number of amides is 1. The van der Waals surface area contributed by atoms with E-state index in [4.69, 9.17) is 0 Å². The fourth-order valence-electron chi connectivity index (χ4n) is 5.50. The van der Waals surface area contributed by atoms with Gasteiger partial charge < -0.3 is 10.0 Å². The number of Topliss-reactive ketones (excluding diaryl/α,β-unsaturated/α-hetero) is 1. The van der Waals surface area contributed by atoms with Gasteiger partial charge in [0.05, 0.1) is 16.5 Å². The first kappa shape index (κ1) is 32.5. The van der Waals surface area contributed by atoms with Gasteiger partial charge in [0.15, 0.2) is 0 Å². The van der Waals surface area contributed by atoms with E-state index in [1.165, 1.54) is 81.2 Å². The first-order valence-electron chi connectivity index (χ1n) is 15.1. The van der Waals surface area contributed by atoms with Gasteiger partial charge in [0.2, 0.25) is 0 Å². The number of carbonyl (C=O) groups excluding carboxylic acids is 2. The van der Waals surface area contributed by atoms with Crippen molar-refractivity contribution in [1.82, 2.24) is 4.90 Å². The van der Waals surface area contributed by atoms with Crippen LogP contribution in [0.1, 0.15) is 114 Å². The first-order valence-corrected chi connectivity index (χ1v) is 15.9. The molecule has 1 fully saturated rings. The van der Waals surface area contributed by atoms with Crippen LogP contribution >= 0.6 is 15.9 Å². The van der Waals surface area contributed by atoms with Crippen LogP contribution in [0, 0.1) is 10.1 Å². The lowest BCUT2D eigenvalue weighted by molar-refractivity contribution is -0.384. The normalized spacial score (nSPS) is 16.4. The molecule has 0 unspecified atom stereocenters. The summed E-state index contributed by atoms with van der Waals surface area (Å²) in [5.74, 6) is -1.65. The number of nitro benzene ring substituents is 1. The van der Waals surface area contributed by atoms with Crippen molar-refractivity contribution < 1.29 is 19.6 Å². The second-order valence-electron chi connectivity index (χ2n) is 10.9. The minimum absolute atomic E-state index is 0.00677. The molecule has 0 saturated carbocycles. The highest BCUT2D eigenvalue weighted by Gasteiger charge is 2.45. The molecule has 0 aliphatic carbocycles. The molecule has 1 heterocycles. The van der Waals surface area contributed by atoms with Gasteiger partial charge in [-0.25, -0.2) is 0 Å². The summed E-state index contributed by atoms with van der Waals surface area (Å²) in [5.41, 5.74) is 0.898. The third kappa shape index (κ3) is 9.52. The van der Waals surface area contributed by atoms with Crippen molar-refractivity contribution >= 4 is 39.1 Å². The second-order valence-corrected chi connectivity index (χ2v) is 11.9. The number of rotatable bonds is 18. The van der Waals surface area contributed by atoms with Gasteiger partial charge in [-0.1, -0.05) is 118 Å². The van der Waals surface area contributed by atoms with E-state index < -0.39 is 22.7 Å². The number of non-ortho nitro benzene ring substituents is 1. The molecule has 0 radical (unpaired) electrons. The fraction of sp³-hybridized carbons (Fsp3) is 0.515. The van der Waals surface area contributed by atoms with Crippen LogP contribution in [0.25, 0.3) is 5.76 Å².